The monoisotopic (exact) mass is 399 g/mol. The number of benzene rings is 2. The minimum Gasteiger partial charge on any atom is -0.495 e. The molecule has 1 unspecified atom stereocenters. The first kappa shape index (κ1) is 19.4. The summed E-state index contributed by atoms with van der Waals surface area (Å²) in [4.78, 5) is 31.7. The number of imidazole rings is 1. The molecule has 28 heavy (non-hydrogen) atoms. The summed E-state index contributed by atoms with van der Waals surface area (Å²) in [5.41, 5.74) is 1.65. The summed E-state index contributed by atoms with van der Waals surface area (Å²) >= 11 is 6.04. The fraction of sp³-hybridized carbons (Fsp3) is 0.150. The number of esters is 1. The van der Waals surface area contributed by atoms with E-state index in [1.807, 2.05) is 0 Å². The van der Waals surface area contributed by atoms with E-state index < -0.39 is 18.0 Å². The molecule has 7 nitrogen and oxygen atoms in total. The lowest BCUT2D eigenvalue weighted by molar-refractivity contribution is -0.123. The van der Waals surface area contributed by atoms with Crippen LogP contribution in [0.4, 0.5) is 5.69 Å². The van der Waals surface area contributed by atoms with Crippen molar-refractivity contribution in [3.8, 4) is 17.1 Å². The van der Waals surface area contributed by atoms with E-state index in [0.717, 1.165) is 5.56 Å². The Kier molecular flexibility index (Phi) is 5.96. The van der Waals surface area contributed by atoms with Crippen molar-refractivity contribution in [3.05, 3.63) is 65.4 Å². The normalized spacial score (nSPS) is 11.5. The van der Waals surface area contributed by atoms with Crippen molar-refractivity contribution in [2.24, 2.45) is 0 Å². The van der Waals surface area contributed by atoms with Gasteiger partial charge in [-0.3, -0.25) is 4.79 Å². The highest BCUT2D eigenvalue weighted by atomic mass is 35.5. The first-order valence-corrected chi connectivity index (χ1v) is 8.81. The molecule has 0 aliphatic carbocycles. The van der Waals surface area contributed by atoms with E-state index in [1.165, 1.54) is 14.0 Å². The quantitative estimate of drug-likeness (QED) is 0.613. The zero-order valence-electron chi connectivity index (χ0n) is 15.2. The summed E-state index contributed by atoms with van der Waals surface area (Å²) in [7, 11) is 1.50. The van der Waals surface area contributed by atoms with Crippen molar-refractivity contribution in [2.75, 3.05) is 12.4 Å². The molecular weight excluding hydrogens is 382 g/mol. The molecule has 144 valence electrons. The van der Waals surface area contributed by atoms with Crippen molar-refractivity contribution in [2.45, 2.75) is 13.0 Å². The molecule has 0 aliphatic rings. The maximum atomic E-state index is 12.3. The Bertz CT molecular complexity index is 972. The molecule has 0 radical (unpaired) electrons. The summed E-state index contributed by atoms with van der Waals surface area (Å²) in [6, 6.07) is 11.6. The lowest BCUT2D eigenvalue weighted by Gasteiger charge is -2.14. The number of amides is 1. The number of halogens is 1. The summed E-state index contributed by atoms with van der Waals surface area (Å²) < 4.78 is 10.3. The van der Waals surface area contributed by atoms with Crippen LogP contribution in [0, 0.1) is 0 Å². The summed E-state index contributed by atoms with van der Waals surface area (Å²) in [5.74, 6) is 0.131. The van der Waals surface area contributed by atoms with Crippen LogP contribution >= 0.6 is 11.6 Å². The number of nitrogens with one attached hydrogen (secondary N) is 2. The van der Waals surface area contributed by atoms with Gasteiger partial charge < -0.3 is 19.8 Å². The van der Waals surface area contributed by atoms with E-state index in [0.29, 0.717) is 27.8 Å². The molecule has 1 aromatic heterocycles. The van der Waals surface area contributed by atoms with Crippen LogP contribution in [-0.4, -0.2) is 35.1 Å². The zero-order chi connectivity index (χ0) is 20.1. The van der Waals surface area contributed by atoms with Crippen LogP contribution in [0.25, 0.3) is 11.4 Å². The average molecular weight is 400 g/mol. The number of methoxy groups -OCH3 is 1. The predicted octanol–water partition coefficient (Wildman–Crippen LogP) is 3.92. The lowest BCUT2D eigenvalue weighted by Crippen LogP contribution is -2.30. The van der Waals surface area contributed by atoms with E-state index in [-0.39, 0.29) is 0 Å². The molecule has 0 aliphatic heterocycles. The lowest BCUT2D eigenvalue weighted by atomic mass is 10.1. The van der Waals surface area contributed by atoms with Crippen molar-refractivity contribution < 1.29 is 19.1 Å². The second-order valence-electron chi connectivity index (χ2n) is 5.90. The molecular formula is C20H18ClN3O4. The molecule has 0 spiro atoms. The Labute approximate surface area is 166 Å². The van der Waals surface area contributed by atoms with Gasteiger partial charge in [-0.25, -0.2) is 9.78 Å². The number of nitrogens with zero attached hydrogens (tertiary/aromatic N) is 1. The Morgan fingerprint density at radius 2 is 1.93 bits per heavy atom. The van der Waals surface area contributed by atoms with Gasteiger partial charge in [0.15, 0.2) is 6.10 Å². The van der Waals surface area contributed by atoms with Crippen molar-refractivity contribution in [1.82, 2.24) is 9.97 Å². The van der Waals surface area contributed by atoms with Crippen LogP contribution < -0.4 is 10.1 Å². The van der Waals surface area contributed by atoms with Crippen LogP contribution in [0.15, 0.2) is 54.9 Å². The Morgan fingerprint density at radius 3 is 2.54 bits per heavy atom. The third-order valence-electron chi connectivity index (χ3n) is 3.96. The van der Waals surface area contributed by atoms with E-state index >= 15 is 0 Å². The zero-order valence-corrected chi connectivity index (χ0v) is 16.0. The number of rotatable bonds is 6. The molecule has 0 saturated heterocycles. The fourth-order valence-electron chi connectivity index (χ4n) is 2.46. The molecule has 3 rings (SSSR count). The topological polar surface area (TPSA) is 93.3 Å². The second kappa shape index (κ2) is 8.58. The molecule has 3 aromatic rings. The van der Waals surface area contributed by atoms with Gasteiger partial charge in [-0.05, 0) is 37.3 Å². The Morgan fingerprint density at radius 1 is 1.18 bits per heavy atom. The molecule has 1 atom stereocenters. The molecule has 1 amide bonds. The largest absolute Gasteiger partial charge is 0.495 e. The van der Waals surface area contributed by atoms with Crippen LogP contribution in [0.3, 0.4) is 0 Å². The summed E-state index contributed by atoms with van der Waals surface area (Å²) in [6.07, 6.45) is 2.37. The van der Waals surface area contributed by atoms with Gasteiger partial charge in [-0.2, -0.15) is 0 Å². The van der Waals surface area contributed by atoms with Crippen molar-refractivity contribution >= 4 is 29.2 Å². The standard InChI is InChI=1S/C20H18ClN3O4/c1-12(19(25)24-15-7-8-17(27-2)16(21)11-15)28-20(26)14-5-3-13(4-6-14)18-22-9-10-23-18/h3-12H,1-2H3,(H,22,23)(H,24,25). The van der Waals surface area contributed by atoms with Gasteiger partial charge in [0, 0.05) is 23.6 Å². The first-order chi connectivity index (χ1) is 13.5. The minimum absolute atomic E-state index is 0.336. The third-order valence-corrected chi connectivity index (χ3v) is 4.26. The van der Waals surface area contributed by atoms with Crippen LogP contribution in [0.2, 0.25) is 5.02 Å². The highest BCUT2D eigenvalue weighted by Crippen LogP contribution is 2.27. The number of hydrogen-bond acceptors (Lipinski definition) is 5. The highest BCUT2D eigenvalue weighted by Gasteiger charge is 2.19. The molecule has 8 heteroatoms. The first-order valence-electron chi connectivity index (χ1n) is 8.43. The summed E-state index contributed by atoms with van der Waals surface area (Å²) in [6.45, 7) is 1.50. The number of carbonyl (C=O) groups excluding carboxylic acids is 2. The Balaban J connectivity index is 1.60. The molecule has 1 heterocycles. The number of hydrogen-bond donors (Lipinski definition) is 2. The highest BCUT2D eigenvalue weighted by molar-refractivity contribution is 6.32. The van der Waals surface area contributed by atoms with E-state index in [1.54, 1.807) is 54.9 Å². The van der Waals surface area contributed by atoms with Gasteiger partial charge in [0.25, 0.3) is 5.91 Å². The number of aromatic nitrogens is 2. The van der Waals surface area contributed by atoms with E-state index in [2.05, 4.69) is 15.3 Å². The molecule has 0 fully saturated rings. The maximum absolute atomic E-state index is 12.3. The summed E-state index contributed by atoms with van der Waals surface area (Å²) in [5, 5.41) is 3.01. The molecule has 0 bridgehead atoms. The van der Waals surface area contributed by atoms with Gasteiger partial charge in [-0.1, -0.05) is 23.7 Å². The number of aromatic amines is 1. The fourth-order valence-corrected chi connectivity index (χ4v) is 2.72. The van der Waals surface area contributed by atoms with Gasteiger partial charge >= 0.3 is 5.97 Å². The maximum Gasteiger partial charge on any atom is 0.338 e. The van der Waals surface area contributed by atoms with Crippen molar-refractivity contribution in [1.29, 1.82) is 0 Å². The number of anilines is 1. The van der Waals surface area contributed by atoms with E-state index in [9.17, 15) is 9.59 Å². The van der Waals surface area contributed by atoms with Crippen molar-refractivity contribution in [3.63, 3.8) is 0 Å². The molecule has 2 aromatic carbocycles. The van der Waals surface area contributed by atoms with Crippen LogP contribution in [-0.2, 0) is 9.53 Å². The number of ether oxygens (including phenoxy) is 2. The van der Waals surface area contributed by atoms with Gasteiger partial charge in [0.1, 0.15) is 11.6 Å². The van der Waals surface area contributed by atoms with Crippen LogP contribution in [0.5, 0.6) is 5.75 Å². The predicted molar refractivity (Wildman–Crippen MR) is 106 cm³/mol. The average Bonchev–Trinajstić information content (AvgIpc) is 3.23. The van der Waals surface area contributed by atoms with Gasteiger partial charge in [0.2, 0.25) is 0 Å². The SMILES string of the molecule is COc1ccc(NC(=O)C(C)OC(=O)c2ccc(-c3ncc[nH]3)cc2)cc1Cl. The third kappa shape index (κ3) is 4.50. The van der Waals surface area contributed by atoms with E-state index in [4.69, 9.17) is 21.1 Å². The number of H-pyrrole nitrogens is 1. The number of carbonyl (C=O) groups is 2. The molecule has 0 saturated carbocycles. The van der Waals surface area contributed by atoms with Gasteiger partial charge in [0.05, 0.1) is 17.7 Å². The molecule has 2 N–H and O–H groups in total. The Hall–Kier alpha value is -3.32. The van der Waals surface area contributed by atoms with Crippen LogP contribution in [0.1, 0.15) is 17.3 Å². The second-order valence-corrected chi connectivity index (χ2v) is 6.31. The van der Waals surface area contributed by atoms with Gasteiger partial charge in [-0.15, -0.1) is 0 Å². The smallest absolute Gasteiger partial charge is 0.338 e. The minimum atomic E-state index is -0.988.